The number of halogens is 1. The van der Waals surface area contributed by atoms with Crippen molar-refractivity contribution in [3.05, 3.63) is 34.3 Å². The van der Waals surface area contributed by atoms with Gasteiger partial charge in [0.15, 0.2) is 5.96 Å². The van der Waals surface area contributed by atoms with Crippen LogP contribution in [0.4, 0.5) is 0 Å². The van der Waals surface area contributed by atoms with Crippen molar-refractivity contribution in [2.24, 2.45) is 10.9 Å². The summed E-state index contributed by atoms with van der Waals surface area (Å²) in [5.41, 5.74) is 1.33. The molecule has 0 bridgehead atoms. The van der Waals surface area contributed by atoms with Crippen LogP contribution in [0.1, 0.15) is 39.2 Å². The standard InChI is InChI=1S/C19H31BrN4O/c1-5-15(11-16-7-6-8-17(20)12-16)13-23-19(21-4)22-10-9-18(25)24-14(2)3/h6-8,12,14-15H,5,9-11,13H2,1-4H3,(H,24,25)(H2,21,22,23). The summed E-state index contributed by atoms with van der Waals surface area (Å²) in [6, 6.07) is 8.62. The van der Waals surface area contributed by atoms with E-state index in [2.05, 4.69) is 62.0 Å². The zero-order chi connectivity index (χ0) is 18.7. The van der Waals surface area contributed by atoms with Crippen molar-refractivity contribution in [2.45, 2.75) is 46.1 Å². The molecule has 0 fully saturated rings. The Labute approximate surface area is 160 Å². The Balaban J connectivity index is 2.37. The van der Waals surface area contributed by atoms with E-state index in [9.17, 15) is 4.79 Å². The highest BCUT2D eigenvalue weighted by atomic mass is 79.9. The molecule has 6 heteroatoms. The Hall–Kier alpha value is -1.56. The average Bonchev–Trinajstić information content (AvgIpc) is 2.56. The van der Waals surface area contributed by atoms with Gasteiger partial charge >= 0.3 is 0 Å². The molecule has 0 aliphatic carbocycles. The first-order chi connectivity index (χ1) is 11.9. The maximum Gasteiger partial charge on any atom is 0.221 e. The third-order valence-corrected chi connectivity index (χ3v) is 4.36. The molecule has 25 heavy (non-hydrogen) atoms. The van der Waals surface area contributed by atoms with Gasteiger partial charge in [0, 0.05) is 37.1 Å². The number of rotatable bonds is 9. The van der Waals surface area contributed by atoms with Crippen LogP contribution >= 0.6 is 15.9 Å². The summed E-state index contributed by atoms with van der Waals surface area (Å²) in [6.07, 6.45) is 2.55. The van der Waals surface area contributed by atoms with E-state index in [1.807, 2.05) is 19.9 Å². The minimum atomic E-state index is 0.0547. The number of hydrogen-bond acceptors (Lipinski definition) is 2. The molecule has 1 aromatic rings. The van der Waals surface area contributed by atoms with Gasteiger partial charge in [0.1, 0.15) is 0 Å². The van der Waals surface area contributed by atoms with Gasteiger partial charge in [-0.25, -0.2) is 0 Å². The molecule has 140 valence electrons. The summed E-state index contributed by atoms with van der Waals surface area (Å²) in [5.74, 6) is 1.32. The molecule has 0 saturated heterocycles. The van der Waals surface area contributed by atoms with Crippen LogP contribution in [0.5, 0.6) is 0 Å². The van der Waals surface area contributed by atoms with Crippen LogP contribution in [0.2, 0.25) is 0 Å². The first-order valence-corrected chi connectivity index (χ1v) is 9.72. The van der Waals surface area contributed by atoms with E-state index in [1.165, 1.54) is 5.56 Å². The highest BCUT2D eigenvalue weighted by Gasteiger charge is 2.10. The van der Waals surface area contributed by atoms with Gasteiger partial charge in [0.05, 0.1) is 0 Å². The summed E-state index contributed by atoms with van der Waals surface area (Å²) >= 11 is 3.52. The van der Waals surface area contributed by atoms with Gasteiger partial charge in [-0.1, -0.05) is 41.4 Å². The summed E-state index contributed by atoms with van der Waals surface area (Å²) in [5, 5.41) is 9.44. The summed E-state index contributed by atoms with van der Waals surface area (Å²) in [6.45, 7) is 7.54. The van der Waals surface area contributed by atoms with Crippen LogP contribution in [0.3, 0.4) is 0 Å². The van der Waals surface area contributed by atoms with Crippen LogP contribution in [-0.2, 0) is 11.2 Å². The van der Waals surface area contributed by atoms with Gasteiger partial charge < -0.3 is 16.0 Å². The number of aliphatic imine (C=N–C) groups is 1. The molecule has 1 amide bonds. The molecule has 0 heterocycles. The SMILES string of the molecule is CCC(CNC(=NC)NCCC(=O)NC(C)C)Cc1cccc(Br)c1. The predicted octanol–water partition coefficient (Wildman–Crippen LogP) is 3.10. The first-order valence-electron chi connectivity index (χ1n) is 8.92. The van der Waals surface area contributed by atoms with E-state index in [0.717, 1.165) is 29.8 Å². The van der Waals surface area contributed by atoms with Gasteiger partial charge in [-0.05, 0) is 43.9 Å². The summed E-state index contributed by atoms with van der Waals surface area (Å²) < 4.78 is 1.12. The van der Waals surface area contributed by atoms with Crippen LogP contribution < -0.4 is 16.0 Å². The lowest BCUT2D eigenvalue weighted by Crippen LogP contribution is -2.42. The number of hydrogen-bond donors (Lipinski definition) is 3. The second kappa shape index (κ2) is 11.9. The molecular formula is C19H31BrN4O. The zero-order valence-corrected chi connectivity index (χ0v) is 17.3. The molecule has 5 nitrogen and oxygen atoms in total. The maximum absolute atomic E-state index is 11.7. The molecule has 0 spiro atoms. The summed E-state index contributed by atoms with van der Waals surface area (Å²) in [4.78, 5) is 15.9. The Bertz CT molecular complexity index is 560. The average molecular weight is 411 g/mol. The number of carbonyl (C=O) groups excluding carboxylic acids is 1. The minimum Gasteiger partial charge on any atom is -0.356 e. The van der Waals surface area contributed by atoms with Gasteiger partial charge in [-0.3, -0.25) is 9.79 Å². The topological polar surface area (TPSA) is 65.5 Å². The Morgan fingerprint density at radius 3 is 2.64 bits per heavy atom. The number of carbonyl (C=O) groups is 1. The van der Waals surface area contributed by atoms with Crippen molar-refractivity contribution < 1.29 is 4.79 Å². The smallest absolute Gasteiger partial charge is 0.221 e. The molecule has 0 aliphatic heterocycles. The van der Waals surface area contributed by atoms with Gasteiger partial charge in [0.2, 0.25) is 5.91 Å². The highest BCUT2D eigenvalue weighted by Crippen LogP contribution is 2.16. The fourth-order valence-electron chi connectivity index (χ4n) is 2.51. The lowest BCUT2D eigenvalue weighted by molar-refractivity contribution is -0.121. The molecule has 0 aromatic heterocycles. The summed E-state index contributed by atoms with van der Waals surface area (Å²) in [7, 11) is 1.75. The zero-order valence-electron chi connectivity index (χ0n) is 15.7. The quantitative estimate of drug-likeness (QED) is 0.432. The largest absolute Gasteiger partial charge is 0.356 e. The van der Waals surface area contributed by atoms with E-state index in [4.69, 9.17) is 0 Å². The molecule has 0 radical (unpaired) electrons. The molecule has 1 atom stereocenters. The van der Waals surface area contributed by atoms with E-state index in [1.54, 1.807) is 7.05 Å². The number of guanidine groups is 1. The number of nitrogens with one attached hydrogen (secondary N) is 3. The number of amides is 1. The fourth-order valence-corrected chi connectivity index (χ4v) is 2.95. The first kappa shape index (κ1) is 21.5. The lowest BCUT2D eigenvalue weighted by Gasteiger charge is -2.18. The molecule has 1 unspecified atom stereocenters. The third kappa shape index (κ3) is 9.48. The van der Waals surface area contributed by atoms with E-state index in [0.29, 0.717) is 18.9 Å². The molecule has 1 aromatic carbocycles. The minimum absolute atomic E-state index is 0.0547. The van der Waals surface area contributed by atoms with Crippen molar-refractivity contribution in [3.63, 3.8) is 0 Å². The highest BCUT2D eigenvalue weighted by molar-refractivity contribution is 9.10. The van der Waals surface area contributed by atoms with Crippen molar-refractivity contribution in [2.75, 3.05) is 20.1 Å². The van der Waals surface area contributed by atoms with Gasteiger partial charge in [-0.15, -0.1) is 0 Å². The van der Waals surface area contributed by atoms with Crippen molar-refractivity contribution in [3.8, 4) is 0 Å². The fraction of sp³-hybridized carbons (Fsp3) is 0.579. The molecular weight excluding hydrogens is 380 g/mol. The second-order valence-corrected chi connectivity index (χ2v) is 7.38. The van der Waals surface area contributed by atoms with Crippen molar-refractivity contribution >= 4 is 27.8 Å². The maximum atomic E-state index is 11.7. The molecule has 1 rings (SSSR count). The third-order valence-electron chi connectivity index (χ3n) is 3.87. The number of nitrogens with zero attached hydrogens (tertiary/aromatic N) is 1. The molecule has 0 saturated carbocycles. The number of benzene rings is 1. The van der Waals surface area contributed by atoms with E-state index < -0.39 is 0 Å². The van der Waals surface area contributed by atoms with Gasteiger partial charge in [0.25, 0.3) is 0 Å². The van der Waals surface area contributed by atoms with Crippen LogP contribution in [0.25, 0.3) is 0 Å². The molecule has 3 N–H and O–H groups in total. The van der Waals surface area contributed by atoms with Gasteiger partial charge in [-0.2, -0.15) is 0 Å². The lowest BCUT2D eigenvalue weighted by atomic mass is 9.97. The predicted molar refractivity (Wildman–Crippen MR) is 109 cm³/mol. The second-order valence-electron chi connectivity index (χ2n) is 6.46. The van der Waals surface area contributed by atoms with Crippen molar-refractivity contribution in [1.82, 2.24) is 16.0 Å². The Morgan fingerprint density at radius 2 is 2.04 bits per heavy atom. The Morgan fingerprint density at radius 1 is 1.28 bits per heavy atom. The van der Waals surface area contributed by atoms with Crippen molar-refractivity contribution in [1.29, 1.82) is 0 Å². The van der Waals surface area contributed by atoms with Crippen LogP contribution in [0.15, 0.2) is 33.7 Å². The van der Waals surface area contributed by atoms with E-state index >= 15 is 0 Å². The van der Waals surface area contributed by atoms with Crippen LogP contribution in [-0.4, -0.2) is 38.0 Å². The molecule has 0 aliphatic rings. The van der Waals surface area contributed by atoms with E-state index in [-0.39, 0.29) is 11.9 Å². The Kier molecular flexibility index (Phi) is 10.2. The monoisotopic (exact) mass is 410 g/mol. The van der Waals surface area contributed by atoms with Crippen LogP contribution in [0, 0.1) is 5.92 Å². The normalized spacial score (nSPS) is 12.8.